The van der Waals surface area contributed by atoms with Crippen molar-refractivity contribution < 1.29 is 0 Å². The fourth-order valence-corrected chi connectivity index (χ4v) is 2.19. The van der Waals surface area contributed by atoms with E-state index in [0.717, 1.165) is 0 Å². The molecule has 0 radical (unpaired) electrons. The standard InChI is InChI=1S/C11H7Cl2N5/c12-6-3-7(10(14)8(13)4-6)11-17-16-9-1-2-15-5-18(9)11/h1-5H,14H2. The van der Waals surface area contributed by atoms with Gasteiger partial charge in [0.25, 0.3) is 0 Å². The van der Waals surface area contributed by atoms with Crippen LogP contribution in [0.25, 0.3) is 17.0 Å². The van der Waals surface area contributed by atoms with Gasteiger partial charge in [-0.25, -0.2) is 4.98 Å². The molecule has 0 saturated carbocycles. The molecule has 2 aromatic heterocycles. The van der Waals surface area contributed by atoms with Crippen molar-refractivity contribution >= 4 is 34.5 Å². The van der Waals surface area contributed by atoms with Crippen molar-refractivity contribution in [2.75, 3.05) is 5.73 Å². The van der Waals surface area contributed by atoms with E-state index in [2.05, 4.69) is 15.2 Å². The second kappa shape index (κ2) is 4.12. The van der Waals surface area contributed by atoms with Crippen molar-refractivity contribution in [3.63, 3.8) is 0 Å². The number of hydrogen-bond donors (Lipinski definition) is 1. The number of benzene rings is 1. The summed E-state index contributed by atoms with van der Waals surface area (Å²) in [7, 11) is 0. The van der Waals surface area contributed by atoms with Crippen LogP contribution in [0.4, 0.5) is 5.69 Å². The van der Waals surface area contributed by atoms with Gasteiger partial charge in [0.05, 0.1) is 10.7 Å². The lowest BCUT2D eigenvalue weighted by atomic mass is 10.1. The highest BCUT2D eigenvalue weighted by atomic mass is 35.5. The van der Waals surface area contributed by atoms with Gasteiger partial charge in [-0.05, 0) is 12.1 Å². The Balaban J connectivity index is 2.33. The van der Waals surface area contributed by atoms with Gasteiger partial charge in [0.2, 0.25) is 0 Å². The summed E-state index contributed by atoms with van der Waals surface area (Å²) in [6.45, 7) is 0. The molecule has 0 aliphatic rings. The van der Waals surface area contributed by atoms with Gasteiger partial charge in [0, 0.05) is 22.8 Å². The molecule has 5 nitrogen and oxygen atoms in total. The van der Waals surface area contributed by atoms with Crippen LogP contribution in [0.1, 0.15) is 0 Å². The van der Waals surface area contributed by atoms with E-state index in [1.807, 2.05) is 0 Å². The minimum absolute atomic E-state index is 0.387. The molecular weight excluding hydrogens is 273 g/mol. The van der Waals surface area contributed by atoms with E-state index < -0.39 is 0 Å². The summed E-state index contributed by atoms with van der Waals surface area (Å²) in [6, 6.07) is 5.04. The molecule has 0 unspecified atom stereocenters. The van der Waals surface area contributed by atoms with Gasteiger partial charge >= 0.3 is 0 Å². The third-order valence-electron chi connectivity index (χ3n) is 2.55. The second-order valence-corrected chi connectivity index (χ2v) is 4.52. The van der Waals surface area contributed by atoms with Gasteiger partial charge in [0.1, 0.15) is 6.33 Å². The second-order valence-electron chi connectivity index (χ2n) is 3.68. The SMILES string of the molecule is Nc1c(Cl)cc(Cl)cc1-c1nnc2ccncn12. The van der Waals surface area contributed by atoms with E-state index in [0.29, 0.717) is 32.8 Å². The predicted octanol–water partition coefficient (Wildman–Crippen LogP) is 2.68. The quantitative estimate of drug-likeness (QED) is 0.696. The Bertz CT molecular complexity index is 737. The Labute approximate surface area is 112 Å². The Morgan fingerprint density at radius 3 is 2.83 bits per heavy atom. The van der Waals surface area contributed by atoms with E-state index in [1.54, 1.807) is 35.1 Å². The molecule has 0 bridgehead atoms. The first-order valence-electron chi connectivity index (χ1n) is 5.06. The molecule has 0 spiro atoms. The van der Waals surface area contributed by atoms with Crippen molar-refractivity contribution in [2.24, 2.45) is 0 Å². The first-order chi connectivity index (χ1) is 8.66. The fourth-order valence-electron chi connectivity index (χ4n) is 1.70. The lowest BCUT2D eigenvalue weighted by molar-refractivity contribution is 1.08. The zero-order valence-electron chi connectivity index (χ0n) is 9.01. The van der Waals surface area contributed by atoms with Crippen molar-refractivity contribution in [3.05, 3.63) is 40.8 Å². The maximum absolute atomic E-state index is 6.00. The molecule has 1 aromatic carbocycles. The van der Waals surface area contributed by atoms with Crippen molar-refractivity contribution in [1.29, 1.82) is 0 Å². The number of hydrogen-bond acceptors (Lipinski definition) is 4. The van der Waals surface area contributed by atoms with E-state index in [9.17, 15) is 0 Å². The molecule has 90 valence electrons. The monoisotopic (exact) mass is 279 g/mol. The normalized spacial score (nSPS) is 11.0. The van der Waals surface area contributed by atoms with E-state index in [1.165, 1.54) is 0 Å². The molecule has 0 saturated heterocycles. The van der Waals surface area contributed by atoms with Crippen LogP contribution >= 0.6 is 23.2 Å². The molecule has 0 fully saturated rings. The van der Waals surface area contributed by atoms with Crippen LogP contribution in [-0.2, 0) is 0 Å². The van der Waals surface area contributed by atoms with Gasteiger partial charge in [-0.15, -0.1) is 10.2 Å². The summed E-state index contributed by atoms with van der Waals surface area (Å²) in [6.07, 6.45) is 3.25. The van der Waals surface area contributed by atoms with Crippen LogP contribution in [0, 0.1) is 0 Å². The number of nitrogens with zero attached hydrogens (tertiary/aromatic N) is 4. The topological polar surface area (TPSA) is 69.1 Å². The molecule has 18 heavy (non-hydrogen) atoms. The third-order valence-corrected chi connectivity index (χ3v) is 3.08. The molecule has 2 N–H and O–H groups in total. The molecule has 7 heteroatoms. The summed E-state index contributed by atoms with van der Waals surface area (Å²) < 4.78 is 1.72. The van der Waals surface area contributed by atoms with Crippen LogP contribution in [0.3, 0.4) is 0 Å². The van der Waals surface area contributed by atoms with Crippen LogP contribution < -0.4 is 5.73 Å². The largest absolute Gasteiger partial charge is 0.397 e. The minimum atomic E-state index is 0.387. The Morgan fingerprint density at radius 1 is 1.17 bits per heavy atom. The van der Waals surface area contributed by atoms with Gasteiger partial charge in [-0.1, -0.05) is 23.2 Å². The number of anilines is 1. The number of halogens is 2. The molecule has 3 rings (SSSR count). The first kappa shape index (κ1) is 11.3. The summed E-state index contributed by atoms with van der Waals surface area (Å²) in [5.41, 5.74) is 7.67. The number of nitrogens with two attached hydrogens (primary N) is 1. The molecule has 3 aromatic rings. The highest BCUT2D eigenvalue weighted by molar-refractivity contribution is 6.37. The van der Waals surface area contributed by atoms with Crippen molar-refractivity contribution in [1.82, 2.24) is 19.6 Å². The van der Waals surface area contributed by atoms with Crippen LogP contribution in [0.5, 0.6) is 0 Å². The maximum atomic E-state index is 6.00. The smallest absolute Gasteiger partial charge is 0.171 e. The van der Waals surface area contributed by atoms with Crippen LogP contribution in [0.15, 0.2) is 30.7 Å². The van der Waals surface area contributed by atoms with Crippen LogP contribution in [0.2, 0.25) is 10.0 Å². The maximum Gasteiger partial charge on any atom is 0.171 e. The molecule has 2 heterocycles. The van der Waals surface area contributed by atoms with E-state index >= 15 is 0 Å². The predicted molar refractivity (Wildman–Crippen MR) is 70.7 cm³/mol. The van der Waals surface area contributed by atoms with Crippen LogP contribution in [-0.4, -0.2) is 19.6 Å². The lowest BCUT2D eigenvalue weighted by Crippen LogP contribution is -1.96. The van der Waals surface area contributed by atoms with Gasteiger partial charge in [-0.2, -0.15) is 0 Å². The van der Waals surface area contributed by atoms with Gasteiger partial charge in [-0.3, -0.25) is 4.40 Å². The molecule has 0 aliphatic carbocycles. The minimum Gasteiger partial charge on any atom is -0.397 e. The number of aromatic nitrogens is 4. The third kappa shape index (κ3) is 1.68. The van der Waals surface area contributed by atoms with E-state index in [-0.39, 0.29) is 0 Å². The van der Waals surface area contributed by atoms with Gasteiger partial charge < -0.3 is 5.73 Å². The highest BCUT2D eigenvalue weighted by Crippen LogP contribution is 2.33. The van der Waals surface area contributed by atoms with Crippen molar-refractivity contribution in [2.45, 2.75) is 0 Å². The average molecular weight is 280 g/mol. The lowest BCUT2D eigenvalue weighted by Gasteiger charge is -2.06. The zero-order valence-corrected chi connectivity index (χ0v) is 10.5. The average Bonchev–Trinajstić information content (AvgIpc) is 2.77. The molecular formula is C11H7Cl2N5. The molecule has 0 amide bonds. The van der Waals surface area contributed by atoms with Crippen molar-refractivity contribution in [3.8, 4) is 11.4 Å². The fraction of sp³-hybridized carbons (Fsp3) is 0. The first-order valence-corrected chi connectivity index (χ1v) is 5.82. The number of rotatable bonds is 1. The summed E-state index contributed by atoms with van der Waals surface area (Å²) in [5, 5.41) is 8.99. The Hall–Kier alpha value is -1.85. The van der Waals surface area contributed by atoms with E-state index in [4.69, 9.17) is 28.9 Å². The summed E-state index contributed by atoms with van der Waals surface area (Å²) >= 11 is 12.0. The Morgan fingerprint density at radius 2 is 2.00 bits per heavy atom. The number of fused-ring (bicyclic) bond motifs is 1. The summed E-state index contributed by atoms with van der Waals surface area (Å²) in [5.74, 6) is 0.556. The Kier molecular flexibility index (Phi) is 2.57. The van der Waals surface area contributed by atoms with Gasteiger partial charge in [0.15, 0.2) is 11.5 Å². The zero-order chi connectivity index (χ0) is 12.7. The molecule has 0 aliphatic heterocycles. The molecule has 0 atom stereocenters. The summed E-state index contributed by atoms with van der Waals surface area (Å²) in [4.78, 5) is 4.02. The highest BCUT2D eigenvalue weighted by Gasteiger charge is 2.14. The number of nitrogen functional groups attached to an aromatic ring is 1.